The molecule has 2 aliphatic rings. The number of rotatable bonds is 4. The number of hydrogen-bond donors (Lipinski definition) is 1. The fraction of sp³-hybridized carbons (Fsp3) is 1.00. The van der Waals surface area contributed by atoms with E-state index < -0.39 is 0 Å². The number of likely N-dealkylation sites (tertiary alicyclic amines) is 1. The molecule has 0 aromatic rings. The van der Waals surface area contributed by atoms with Crippen LogP contribution in [-0.4, -0.2) is 48.1 Å². The van der Waals surface area contributed by atoms with Crippen LogP contribution >= 0.6 is 11.8 Å². The molecule has 0 bridgehead atoms. The zero-order chi connectivity index (χ0) is 11.2. The molecule has 2 rings (SSSR count). The normalized spacial score (nSPS) is 32.8. The SMILES string of the molecule is CC1SCCC1NCCN1CCCCCC1. The van der Waals surface area contributed by atoms with Gasteiger partial charge in [0.2, 0.25) is 0 Å². The van der Waals surface area contributed by atoms with E-state index in [1.807, 2.05) is 0 Å². The predicted molar refractivity (Wildman–Crippen MR) is 73.2 cm³/mol. The zero-order valence-corrected chi connectivity index (χ0v) is 11.4. The maximum absolute atomic E-state index is 3.74. The minimum Gasteiger partial charge on any atom is -0.312 e. The Kier molecular flexibility index (Phi) is 5.46. The number of nitrogens with one attached hydrogen (secondary N) is 1. The van der Waals surface area contributed by atoms with Crippen molar-refractivity contribution in [2.45, 2.75) is 50.3 Å². The highest BCUT2D eigenvalue weighted by Gasteiger charge is 2.23. The summed E-state index contributed by atoms with van der Waals surface area (Å²) < 4.78 is 0. The van der Waals surface area contributed by atoms with Crippen molar-refractivity contribution in [3.63, 3.8) is 0 Å². The van der Waals surface area contributed by atoms with Crippen LogP contribution in [0.5, 0.6) is 0 Å². The molecule has 2 unspecified atom stereocenters. The van der Waals surface area contributed by atoms with Crippen LogP contribution in [0.3, 0.4) is 0 Å². The summed E-state index contributed by atoms with van der Waals surface area (Å²) in [5, 5.41) is 4.56. The largest absolute Gasteiger partial charge is 0.312 e. The molecule has 0 radical (unpaired) electrons. The fourth-order valence-electron chi connectivity index (χ4n) is 2.77. The van der Waals surface area contributed by atoms with Gasteiger partial charge in [0.25, 0.3) is 0 Å². The summed E-state index contributed by atoms with van der Waals surface area (Å²) in [5.41, 5.74) is 0. The Labute approximate surface area is 105 Å². The fourth-order valence-corrected chi connectivity index (χ4v) is 3.99. The Bertz CT molecular complexity index is 190. The maximum Gasteiger partial charge on any atom is 0.0192 e. The predicted octanol–water partition coefficient (Wildman–Crippen LogP) is 2.35. The maximum atomic E-state index is 3.74. The van der Waals surface area contributed by atoms with Gasteiger partial charge in [0.1, 0.15) is 0 Å². The highest BCUT2D eigenvalue weighted by atomic mass is 32.2. The third kappa shape index (κ3) is 3.94. The van der Waals surface area contributed by atoms with Crippen molar-refractivity contribution >= 4 is 11.8 Å². The van der Waals surface area contributed by atoms with Gasteiger partial charge in [-0.05, 0) is 38.1 Å². The molecule has 0 spiro atoms. The van der Waals surface area contributed by atoms with Crippen LogP contribution in [0.1, 0.15) is 39.0 Å². The van der Waals surface area contributed by atoms with Gasteiger partial charge in [-0.3, -0.25) is 0 Å². The monoisotopic (exact) mass is 242 g/mol. The number of thioether (sulfide) groups is 1. The molecule has 1 N–H and O–H groups in total. The Hall–Kier alpha value is 0.270. The summed E-state index contributed by atoms with van der Waals surface area (Å²) in [6.45, 7) is 7.47. The van der Waals surface area contributed by atoms with Crippen LogP contribution in [0.15, 0.2) is 0 Å². The van der Waals surface area contributed by atoms with Gasteiger partial charge < -0.3 is 10.2 Å². The lowest BCUT2D eigenvalue weighted by Crippen LogP contribution is -2.39. The summed E-state index contributed by atoms with van der Waals surface area (Å²) in [5.74, 6) is 1.35. The van der Waals surface area contributed by atoms with Crippen LogP contribution in [-0.2, 0) is 0 Å². The van der Waals surface area contributed by atoms with Crippen LogP contribution < -0.4 is 5.32 Å². The molecule has 0 aromatic heterocycles. The first-order chi connectivity index (χ1) is 7.86. The molecule has 2 nitrogen and oxygen atoms in total. The molecular weight excluding hydrogens is 216 g/mol. The van der Waals surface area contributed by atoms with Gasteiger partial charge in [-0.15, -0.1) is 0 Å². The second-order valence-electron chi connectivity index (χ2n) is 5.18. The number of nitrogens with zero attached hydrogens (tertiary/aromatic N) is 1. The summed E-state index contributed by atoms with van der Waals surface area (Å²) >= 11 is 2.12. The van der Waals surface area contributed by atoms with Crippen molar-refractivity contribution < 1.29 is 0 Å². The molecule has 2 atom stereocenters. The van der Waals surface area contributed by atoms with Gasteiger partial charge in [0, 0.05) is 24.4 Å². The van der Waals surface area contributed by atoms with Gasteiger partial charge in [-0.1, -0.05) is 19.8 Å². The molecule has 0 saturated carbocycles. The lowest BCUT2D eigenvalue weighted by atomic mass is 10.2. The van der Waals surface area contributed by atoms with E-state index in [1.165, 1.54) is 64.0 Å². The second kappa shape index (κ2) is 6.87. The lowest BCUT2D eigenvalue weighted by Gasteiger charge is -2.22. The molecule has 16 heavy (non-hydrogen) atoms. The molecule has 2 fully saturated rings. The standard InChI is InChI=1S/C13H26N2S/c1-12-13(6-11-16-12)14-7-10-15-8-4-2-3-5-9-15/h12-14H,2-11H2,1H3. The van der Waals surface area contributed by atoms with E-state index in [4.69, 9.17) is 0 Å². The van der Waals surface area contributed by atoms with E-state index in [1.54, 1.807) is 0 Å². The van der Waals surface area contributed by atoms with E-state index in [0.717, 1.165) is 11.3 Å². The van der Waals surface area contributed by atoms with E-state index in [2.05, 4.69) is 28.9 Å². The van der Waals surface area contributed by atoms with E-state index in [0.29, 0.717) is 0 Å². The van der Waals surface area contributed by atoms with Gasteiger partial charge in [-0.25, -0.2) is 0 Å². The zero-order valence-electron chi connectivity index (χ0n) is 10.6. The molecule has 0 aliphatic carbocycles. The molecular formula is C13H26N2S. The van der Waals surface area contributed by atoms with Crippen LogP contribution in [0.25, 0.3) is 0 Å². The minimum atomic E-state index is 0.775. The number of hydrogen-bond acceptors (Lipinski definition) is 3. The van der Waals surface area contributed by atoms with E-state index in [9.17, 15) is 0 Å². The topological polar surface area (TPSA) is 15.3 Å². The highest BCUT2D eigenvalue weighted by molar-refractivity contribution is 8.00. The smallest absolute Gasteiger partial charge is 0.0192 e. The third-order valence-corrected chi connectivity index (χ3v) is 5.24. The van der Waals surface area contributed by atoms with Gasteiger partial charge in [-0.2, -0.15) is 11.8 Å². The first kappa shape index (κ1) is 12.7. The van der Waals surface area contributed by atoms with Crippen molar-refractivity contribution in [3.05, 3.63) is 0 Å². The average Bonchev–Trinajstić information content (AvgIpc) is 2.55. The molecule has 2 saturated heterocycles. The molecule has 94 valence electrons. The van der Waals surface area contributed by atoms with Crippen molar-refractivity contribution in [2.75, 3.05) is 31.9 Å². The molecule has 2 heterocycles. The Balaban J connectivity index is 1.59. The second-order valence-corrected chi connectivity index (χ2v) is 6.67. The minimum absolute atomic E-state index is 0.775. The summed E-state index contributed by atoms with van der Waals surface area (Å²) in [7, 11) is 0. The average molecular weight is 242 g/mol. The Morgan fingerprint density at radius 2 is 1.94 bits per heavy atom. The summed E-state index contributed by atoms with van der Waals surface area (Å²) in [4.78, 5) is 2.65. The van der Waals surface area contributed by atoms with E-state index in [-0.39, 0.29) is 0 Å². The third-order valence-electron chi connectivity index (χ3n) is 3.91. The molecule has 2 aliphatic heterocycles. The lowest BCUT2D eigenvalue weighted by molar-refractivity contribution is 0.279. The van der Waals surface area contributed by atoms with Crippen molar-refractivity contribution in [2.24, 2.45) is 0 Å². The van der Waals surface area contributed by atoms with Crippen LogP contribution in [0.2, 0.25) is 0 Å². The van der Waals surface area contributed by atoms with Crippen molar-refractivity contribution in [3.8, 4) is 0 Å². The molecule has 0 amide bonds. The molecule has 0 aromatic carbocycles. The highest BCUT2D eigenvalue weighted by Crippen LogP contribution is 2.25. The Morgan fingerprint density at radius 3 is 2.56 bits per heavy atom. The van der Waals surface area contributed by atoms with E-state index >= 15 is 0 Å². The van der Waals surface area contributed by atoms with Gasteiger partial charge in [0.15, 0.2) is 0 Å². The first-order valence-electron chi connectivity index (χ1n) is 6.93. The Morgan fingerprint density at radius 1 is 1.19 bits per heavy atom. The summed E-state index contributed by atoms with van der Waals surface area (Å²) in [6, 6.07) is 0.775. The quantitative estimate of drug-likeness (QED) is 0.815. The summed E-state index contributed by atoms with van der Waals surface area (Å²) in [6.07, 6.45) is 7.08. The first-order valence-corrected chi connectivity index (χ1v) is 7.98. The van der Waals surface area contributed by atoms with Crippen LogP contribution in [0.4, 0.5) is 0 Å². The van der Waals surface area contributed by atoms with Crippen molar-refractivity contribution in [1.82, 2.24) is 10.2 Å². The van der Waals surface area contributed by atoms with Gasteiger partial charge >= 0.3 is 0 Å². The van der Waals surface area contributed by atoms with Gasteiger partial charge in [0.05, 0.1) is 0 Å². The van der Waals surface area contributed by atoms with Crippen LogP contribution in [0, 0.1) is 0 Å². The molecule has 3 heteroatoms. The van der Waals surface area contributed by atoms with Crippen molar-refractivity contribution in [1.29, 1.82) is 0 Å².